The van der Waals surface area contributed by atoms with Gasteiger partial charge in [-0.2, -0.15) is 5.01 Å². The van der Waals surface area contributed by atoms with E-state index in [4.69, 9.17) is 32.7 Å². The van der Waals surface area contributed by atoms with Crippen LogP contribution in [0.1, 0.15) is 47.2 Å². The van der Waals surface area contributed by atoms with Gasteiger partial charge in [-0.15, -0.1) is 0 Å². The number of nitrogens with one attached hydrogen (secondary N) is 1. The highest BCUT2D eigenvalue weighted by Crippen LogP contribution is 2.66. The number of hydrogen-bond donors (Lipinski definition) is 2. The number of hydrazine groups is 1. The smallest absolute Gasteiger partial charge is 0.260 e. The number of amides is 4. The van der Waals surface area contributed by atoms with Crippen LogP contribution in [0.5, 0.6) is 17.2 Å². The molecule has 2 aliphatic carbocycles. The average Bonchev–Trinajstić information content (AvgIpc) is 3.56. The average molecular weight is 781 g/mol. The standard InChI is InChI=1S/C42H35Cl2N3O8/c1-21(48)22-7-12-25(13-8-22)46-38(50)28-17-16-27-29(35(28)40(46)52)20-30-39(51)47(45-32-18-11-24(43)19-31(32)44)41(53)42(30,23-9-14-26(54-2)15-10-23)37(27)36-33(49)5-4-6-34(36)55-3/h4-16,18-19,28-30,35,37,45,49H,17,20H2,1-3H3/t28-,29+,30-,35-,37+,42+/m0/s1. The summed E-state index contributed by atoms with van der Waals surface area (Å²) < 4.78 is 11.3. The number of allylic oxidation sites excluding steroid dienone is 2. The Hall–Kier alpha value is -5.65. The first-order chi connectivity index (χ1) is 26.4. The summed E-state index contributed by atoms with van der Waals surface area (Å²) in [5.41, 5.74) is 3.67. The highest BCUT2D eigenvalue weighted by atomic mass is 35.5. The van der Waals surface area contributed by atoms with Gasteiger partial charge in [-0.25, -0.2) is 0 Å². The van der Waals surface area contributed by atoms with Crippen LogP contribution in [0.4, 0.5) is 11.4 Å². The number of rotatable bonds is 8. The Bertz CT molecular complexity index is 2330. The van der Waals surface area contributed by atoms with Crippen molar-refractivity contribution in [3.63, 3.8) is 0 Å². The van der Waals surface area contributed by atoms with Gasteiger partial charge >= 0.3 is 0 Å². The van der Waals surface area contributed by atoms with Crippen LogP contribution in [0.3, 0.4) is 0 Å². The van der Waals surface area contributed by atoms with Crippen molar-refractivity contribution in [2.75, 3.05) is 24.5 Å². The van der Waals surface area contributed by atoms with E-state index in [1.54, 1.807) is 72.8 Å². The number of anilines is 2. The molecule has 0 aromatic heterocycles. The van der Waals surface area contributed by atoms with E-state index in [0.29, 0.717) is 33.2 Å². The van der Waals surface area contributed by atoms with Crippen molar-refractivity contribution in [2.45, 2.75) is 31.1 Å². The number of Topliss-reactive ketones (excluding diaryl/α,β-unsaturated/α-hetero) is 1. The van der Waals surface area contributed by atoms with Gasteiger partial charge in [0.05, 0.1) is 53.8 Å². The number of phenolic OH excluding ortho intramolecular Hbond substituents is 1. The molecule has 0 bridgehead atoms. The van der Waals surface area contributed by atoms with Crippen molar-refractivity contribution in [1.82, 2.24) is 5.01 Å². The van der Waals surface area contributed by atoms with Gasteiger partial charge in [-0.05, 0) is 98.0 Å². The number of aromatic hydroxyl groups is 1. The van der Waals surface area contributed by atoms with Crippen LogP contribution in [-0.4, -0.2) is 53.7 Å². The molecular weight excluding hydrogens is 745 g/mol. The first-order valence-corrected chi connectivity index (χ1v) is 18.5. The first kappa shape index (κ1) is 36.3. The number of methoxy groups -OCH3 is 2. The molecule has 4 aromatic carbocycles. The zero-order valence-electron chi connectivity index (χ0n) is 29.9. The lowest BCUT2D eigenvalue weighted by molar-refractivity contribution is -0.138. The Balaban J connectivity index is 1.33. The maximum atomic E-state index is 15.5. The lowest BCUT2D eigenvalue weighted by Gasteiger charge is -2.50. The lowest BCUT2D eigenvalue weighted by Crippen LogP contribution is -2.53. The van der Waals surface area contributed by atoms with Crippen molar-refractivity contribution in [2.24, 2.45) is 23.7 Å². The zero-order valence-corrected chi connectivity index (χ0v) is 31.4. The van der Waals surface area contributed by atoms with Crippen molar-refractivity contribution >= 4 is 64.0 Å². The molecule has 8 rings (SSSR count). The topological polar surface area (TPSA) is 143 Å². The molecule has 55 heavy (non-hydrogen) atoms. The molecule has 2 N–H and O–H groups in total. The van der Waals surface area contributed by atoms with Gasteiger partial charge in [0.15, 0.2) is 5.78 Å². The van der Waals surface area contributed by atoms with Crippen LogP contribution >= 0.6 is 23.2 Å². The third kappa shape index (κ3) is 5.43. The number of ketones is 1. The van der Waals surface area contributed by atoms with E-state index < -0.39 is 52.7 Å². The Morgan fingerprint density at radius 3 is 2.25 bits per heavy atom. The molecule has 4 amide bonds. The molecule has 2 heterocycles. The van der Waals surface area contributed by atoms with Crippen LogP contribution in [0, 0.1) is 23.7 Å². The lowest BCUT2D eigenvalue weighted by atomic mass is 9.49. The Morgan fingerprint density at radius 2 is 1.60 bits per heavy atom. The zero-order chi connectivity index (χ0) is 38.9. The number of benzene rings is 4. The fourth-order valence-electron chi connectivity index (χ4n) is 9.26. The molecular formula is C42H35Cl2N3O8. The van der Waals surface area contributed by atoms with Crippen LogP contribution < -0.4 is 19.8 Å². The second-order valence-corrected chi connectivity index (χ2v) is 15.1. The molecule has 0 radical (unpaired) electrons. The number of fused-ring (bicyclic) bond motifs is 4. The molecule has 280 valence electrons. The summed E-state index contributed by atoms with van der Waals surface area (Å²) in [6, 6.07) is 22.6. The summed E-state index contributed by atoms with van der Waals surface area (Å²) in [6.07, 6.45) is 2.09. The maximum Gasteiger partial charge on any atom is 0.260 e. The van der Waals surface area contributed by atoms with E-state index >= 15 is 4.79 Å². The van der Waals surface area contributed by atoms with Crippen LogP contribution in [-0.2, 0) is 24.6 Å². The number of ether oxygens (including phenoxy) is 2. The highest BCUT2D eigenvalue weighted by molar-refractivity contribution is 6.36. The summed E-state index contributed by atoms with van der Waals surface area (Å²) in [4.78, 5) is 72.3. The fraction of sp³-hybridized carbons (Fsp3) is 0.262. The van der Waals surface area contributed by atoms with Crippen molar-refractivity contribution in [3.8, 4) is 17.2 Å². The Labute approximate surface area is 326 Å². The minimum absolute atomic E-state index is 0.0265. The van der Waals surface area contributed by atoms with Gasteiger partial charge in [0, 0.05) is 22.1 Å². The third-order valence-electron chi connectivity index (χ3n) is 11.7. The second-order valence-electron chi connectivity index (χ2n) is 14.2. The summed E-state index contributed by atoms with van der Waals surface area (Å²) in [5, 5.41) is 13.2. The van der Waals surface area contributed by atoms with E-state index in [1.807, 2.05) is 6.08 Å². The predicted molar refractivity (Wildman–Crippen MR) is 204 cm³/mol. The molecule has 1 saturated carbocycles. The number of phenols is 1. The van der Waals surface area contributed by atoms with Crippen molar-refractivity contribution in [3.05, 3.63) is 123 Å². The molecule has 4 aromatic rings. The van der Waals surface area contributed by atoms with Gasteiger partial charge in [-0.1, -0.05) is 53.1 Å². The normalized spacial score (nSPS) is 25.6. The summed E-state index contributed by atoms with van der Waals surface area (Å²) >= 11 is 12.7. The van der Waals surface area contributed by atoms with Crippen LogP contribution in [0.25, 0.3) is 0 Å². The SMILES string of the molecule is COc1ccc([C@@]23C(=O)N(Nc4ccc(Cl)cc4Cl)C(=O)[C@@H]2C[C@@H]2C(=CC[C@@H]4C(=O)N(c5ccc(C(C)=O)cc5)C(=O)[C@@H]42)[C@@H]3c2c(O)cccc2OC)cc1. The molecule has 2 saturated heterocycles. The van der Waals surface area contributed by atoms with E-state index in [1.165, 1.54) is 33.3 Å². The van der Waals surface area contributed by atoms with Gasteiger partial charge < -0.3 is 14.6 Å². The van der Waals surface area contributed by atoms with Gasteiger partial charge in [0.25, 0.3) is 11.8 Å². The van der Waals surface area contributed by atoms with Crippen LogP contribution in [0.2, 0.25) is 10.0 Å². The van der Waals surface area contributed by atoms with Gasteiger partial charge in [-0.3, -0.25) is 34.3 Å². The largest absolute Gasteiger partial charge is 0.508 e. The monoisotopic (exact) mass is 779 g/mol. The molecule has 4 aliphatic rings. The fourth-order valence-corrected chi connectivity index (χ4v) is 9.71. The van der Waals surface area contributed by atoms with E-state index in [2.05, 4.69) is 5.43 Å². The molecule has 0 spiro atoms. The van der Waals surface area contributed by atoms with Gasteiger partial charge in [0.2, 0.25) is 11.8 Å². The maximum absolute atomic E-state index is 15.5. The Morgan fingerprint density at radius 1 is 0.873 bits per heavy atom. The van der Waals surface area contributed by atoms with E-state index in [9.17, 15) is 24.3 Å². The quantitative estimate of drug-likeness (QED) is 0.109. The number of imide groups is 2. The van der Waals surface area contributed by atoms with Crippen molar-refractivity contribution in [1.29, 1.82) is 0 Å². The summed E-state index contributed by atoms with van der Waals surface area (Å²) in [7, 11) is 2.97. The van der Waals surface area contributed by atoms with Crippen LogP contribution in [0.15, 0.2) is 96.6 Å². The molecule has 6 atom stereocenters. The molecule has 11 nitrogen and oxygen atoms in total. The molecule has 13 heteroatoms. The second kappa shape index (κ2) is 13.6. The number of carbonyl (C=O) groups excluding carboxylic acids is 5. The van der Waals surface area contributed by atoms with E-state index in [0.717, 1.165) is 9.91 Å². The Kier molecular flexibility index (Phi) is 8.97. The third-order valence-corrected chi connectivity index (χ3v) is 12.2. The molecule has 3 fully saturated rings. The number of nitrogens with zero attached hydrogens (tertiary/aromatic N) is 2. The molecule has 0 unspecified atom stereocenters. The highest BCUT2D eigenvalue weighted by Gasteiger charge is 2.71. The first-order valence-electron chi connectivity index (χ1n) is 17.7. The van der Waals surface area contributed by atoms with E-state index in [-0.39, 0.29) is 52.3 Å². The summed E-state index contributed by atoms with van der Waals surface area (Å²) in [5.74, 6) is -6.04. The predicted octanol–water partition coefficient (Wildman–Crippen LogP) is 7.11. The minimum atomic E-state index is -1.69. The number of halogens is 2. The number of carbonyl (C=O) groups is 5. The number of hydrogen-bond acceptors (Lipinski definition) is 9. The van der Waals surface area contributed by atoms with Crippen molar-refractivity contribution < 1.29 is 38.6 Å². The van der Waals surface area contributed by atoms with Gasteiger partial charge in [0.1, 0.15) is 17.2 Å². The molecule has 2 aliphatic heterocycles. The minimum Gasteiger partial charge on any atom is -0.508 e. The summed E-state index contributed by atoms with van der Waals surface area (Å²) in [6.45, 7) is 1.43.